The van der Waals surface area contributed by atoms with Gasteiger partial charge in [-0.3, -0.25) is 5.32 Å². The van der Waals surface area contributed by atoms with E-state index in [4.69, 9.17) is 16.3 Å². The molecular weight excluding hydrogens is 298 g/mol. The van der Waals surface area contributed by atoms with Gasteiger partial charge in [-0.15, -0.1) is 11.3 Å². The molecular formula is C13H14ClN3O2S. The van der Waals surface area contributed by atoms with Crippen LogP contribution in [0.5, 0.6) is 0 Å². The second kappa shape index (κ2) is 5.76. The lowest BCUT2D eigenvalue weighted by Crippen LogP contribution is -2.27. The highest BCUT2D eigenvalue weighted by molar-refractivity contribution is 7.14. The van der Waals surface area contributed by atoms with Crippen LogP contribution in [0.1, 0.15) is 20.8 Å². The van der Waals surface area contributed by atoms with Gasteiger partial charge in [0.05, 0.1) is 5.69 Å². The minimum absolute atomic E-state index is 0.400. The van der Waals surface area contributed by atoms with Crippen LogP contribution < -0.4 is 5.32 Å². The standard InChI is InChI=1S/C13H14ClN3O2S/c1-13(2,3)19-12(18)17-11-16-9(7-20-11)8-4-5-15-10(14)6-8/h4-7H,1-3H3,(H,16,17,18). The second-order valence-corrected chi connectivity index (χ2v) is 6.28. The molecule has 0 aromatic carbocycles. The normalized spacial score (nSPS) is 11.2. The first-order valence-corrected chi connectivity index (χ1v) is 7.17. The number of hydrogen-bond donors (Lipinski definition) is 1. The second-order valence-electron chi connectivity index (χ2n) is 5.03. The van der Waals surface area contributed by atoms with E-state index in [-0.39, 0.29) is 0 Å². The molecule has 0 saturated heterocycles. The van der Waals surface area contributed by atoms with Crippen LogP contribution >= 0.6 is 22.9 Å². The topological polar surface area (TPSA) is 64.1 Å². The summed E-state index contributed by atoms with van der Waals surface area (Å²) < 4.78 is 5.16. The van der Waals surface area contributed by atoms with Crippen molar-refractivity contribution in [2.75, 3.05) is 5.32 Å². The summed E-state index contributed by atoms with van der Waals surface area (Å²) in [6, 6.07) is 3.52. The van der Waals surface area contributed by atoms with Gasteiger partial charge in [0.15, 0.2) is 5.13 Å². The molecule has 2 aromatic heterocycles. The highest BCUT2D eigenvalue weighted by Gasteiger charge is 2.17. The molecule has 0 atom stereocenters. The summed E-state index contributed by atoms with van der Waals surface area (Å²) >= 11 is 7.15. The van der Waals surface area contributed by atoms with E-state index in [0.29, 0.717) is 10.3 Å². The minimum Gasteiger partial charge on any atom is -0.444 e. The van der Waals surface area contributed by atoms with Gasteiger partial charge in [0, 0.05) is 17.1 Å². The third-order valence-corrected chi connectivity index (χ3v) is 3.10. The lowest BCUT2D eigenvalue weighted by atomic mass is 10.2. The summed E-state index contributed by atoms with van der Waals surface area (Å²) in [6.07, 6.45) is 1.09. The van der Waals surface area contributed by atoms with Gasteiger partial charge < -0.3 is 4.74 Å². The molecule has 7 heteroatoms. The van der Waals surface area contributed by atoms with Crippen LogP contribution in [0.25, 0.3) is 11.3 Å². The molecule has 0 aliphatic heterocycles. The van der Waals surface area contributed by atoms with E-state index in [9.17, 15) is 4.79 Å². The molecule has 106 valence electrons. The number of rotatable bonds is 2. The number of aromatic nitrogens is 2. The Hall–Kier alpha value is -1.66. The number of amides is 1. The molecule has 0 aliphatic carbocycles. The van der Waals surface area contributed by atoms with Gasteiger partial charge in [0.2, 0.25) is 0 Å². The van der Waals surface area contributed by atoms with Gasteiger partial charge in [-0.25, -0.2) is 14.8 Å². The number of thiazole rings is 1. The molecule has 0 bridgehead atoms. The third-order valence-electron chi connectivity index (χ3n) is 2.13. The predicted molar refractivity (Wildman–Crippen MR) is 80.2 cm³/mol. The number of anilines is 1. The Morgan fingerprint density at radius 2 is 2.20 bits per heavy atom. The van der Waals surface area contributed by atoms with Gasteiger partial charge in [-0.2, -0.15) is 0 Å². The monoisotopic (exact) mass is 311 g/mol. The Morgan fingerprint density at radius 1 is 1.45 bits per heavy atom. The Bertz CT molecular complexity index is 622. The zero-order chi connectivity index (χ0) is 14.8. The Balaban J connectivity index is 2.08. The van der Waals surface area contributed by atoms with Crippen molar-refractivity contribution in [1.82, 2.24) is 9.97 Å². The Labute approximate surface area is 126 Å². The van der Waals surface area contributed by atoms with E-state index >= 15 is 0 Å². The molecule has 2 rings (SSSR count). The Kier molecular flexibility index (Phi) is 4.25. The summed E-state index contributed by atoms with van der Waals surface area (Å²) in [4.78, 5) is 19.9. The molecule has 0 radical (unpaired) electrons. The van der Waals surface area contributed by atoms with Crippen LogP contribution in [-0.2, 0) is 4.74 Å². The number of ether oxygens (including phenoxy) is 1. The van der Waals surface area contributed by atoms with Gasteiger partial charge in [0.25, 0.3) is 0 Å². The Morgan fingerprint density at radius 3 is 2.85 bits per heavy atom. The smallest absolute Gasteiger partial charge is 0.413 e. The van der Waals surface area contributed by atoms with Gasteiger partial charge >= 0.3 is 6.09 Å². The lowest BCUT2D eigenvalue weighted by Gasteiger charge is -2.18. The van der Waals surface area contributed by atoms with Gasteiger partial charge in [-0.05, 0) is 32.9 Å². The molecule has 0 aliphatic rings. The largest absolute Gasteiger partial charge is 0.444 e. The summed E-state index contributed by atoms with van der Waals surface area (Å²) in [5, 5.41) is 5.31. The molecule has 2 heterocycles. The van der Waals surface area contributed by atoms with E-state index in [1.807, 2.05) is 5.38 Å². The van der Waals surface area contributed by atoms with E-state index < -0.39 is 11.7 Å². The number of nitrogens with zero attached hydrogens (tertiary/aromatic N) is 2. The number of hydrogen-bond acceptors (Lipinski definition) is 5. The molecule has 2 aromatic rings. The van der Waals surface area contributed by atoms with E-state index in [1.165, 1.54) is 11.3 Å². The van der Waals surface area contributed by atoms with Crippen LogP contribution in [0.15, 0.2) is 23.7 Å². The first kappa shape index (κ1) is 14.7. The highest BCUT2D eigenvalue weighted by Crippen LogP contribution is 2.26. The summed E-state index contributed by atoms with van der Waals surface area (Å²) in [5.41, 5.74) is 1.03. The van der Waals surface area contributed by atoms with Crippen LogP contribution in [0.3, 0.4) is 0 Å². The number of halogens is 1. The molecule has 0 unspecified atom stereocenters. The molecule has 0 fully saturated rings. The van der Waals surface area contributed by atoms with Crippen LogP contribution in [0.2, 0.25) is 5.15 Å². The first-order valence-electron chi connectivity index (χ1n) is 5.91. The zero-order valence-corrected chi connectivity index (χ0v) is 12.9. The molecule has 1 N–H and O–H groups in total. The predicted octanol–water partition coefficient (Wildman–Crippen LogP) is 4.21. The number of pyridine rings is 1. The maximum Gasteiger partial charge on any atom is 0.413 e. The summed E-state index contributed by atoms with van der Waals surface area (Å²) in [7, 11) is 0. The van der Waals surface area contributed by atoms with Crippen LogP contribution in [0.4, 0.5) is 9.93 Å². The van der Waals surface area contributed by atoms with Crippen molar-refractivity contribution < 1.29 is 9.53 Å². The lowest BCUT2D eigenvalue weighted by molar-refractivity contribution is 0.0636. The minimum atomic E-state index is -0.539. The fourth-order valence-corrected chi connectivity index (χ4v) is 2.30. The fraction of sp³-hybridized carbons (Fsp3) is 0.308. The van der Waals surface area contributed by atoms with E-state index in [0.717, 1.165) is 11.3 Å². The van der Waals surface area contributed by atoms with Crippen molar-refractivity contribution in [2.45, 2.75) is 26.4 Å². The van der Waals surface area contributed by atoms with Crippen molar-refractivity contribution in [3.05, 3.63) is 28.9 Å². The van der Waals surface area contributed by atoms with Crippen LogP contribution in [-0.4, -0.2) is 21.7 Å². The molecule has 1 amide bonds. The van der Waals surface area contributed by atoms with Crippen LogP contribution in [0, 0.1) is 0 Å². The van der Waals surface area contributed by atoms with Crippen molar-refractivity contribution in [3.63, 3.8) is 0 Å². The van der Waals surface area contributed by atoms with Crippen molar-refractivity contribution in [3.8, 4) is 11.3 Å². The van der Waals surface area contributed by atoms with Gasteiger partial charge in [-0.1, -0.05) is 11.6 Å². The average molecular weight is 312 g/mol. The SMILES string of the molecule is CC(C)(C)OC(=O)Nc1nc(-c2ccnc(Cl)c2)cs1. The summed E-state index contributed by atoms with van der Waals surface area (Å²) in [5.74, 6) is 0. The van der Waals surface area contributed by atoms with Crippen molar-refractivity contribution >= 4 is 34.2 Å². The number of nitrogens with one attached hydrogen (secondary N) is 1. The quantitative estimate of drug-likeness (QED) is 0.844. The summed E-state index contributed by atoms with van der Waals surface area (Å²) in [6.45, 7) is 5.41. The van der Waals surface area contributed by atoms with Crippen molar-refractivity contribution in [2.24, 2.45) is 0 Å². The van der Waals surface area contributed by atoms with Crippen molar-refractivity contribution in [1.29, 1.82) is 0 Å². The number of carbonyl (C=O) groups excluding carboxylic acids is 1. The number of carbonyl (C=O) groups is 1. The fourth-order valence-electron chi connectivity index (χ4n) is 1.42. The molecule has 20 heavy (non-hydrogen) atoms. The molecule has 0 spiro atoms. The third kappa shape index (κ3) is 4.18. The highest BCUT2D eigenvalue weighted by atomic mass is 35.5. The zero-order valence-electron chi connectivity index (χ0n) is 11.3. The molecule has 0 saturated carbocycles. The van der Waals surface area contributed by atoms with E-state index in [2.05, 4.69) is 15.3 Å². The maximum atomic E-state index is 11.6. The maximum absolute atomic E-state index is 11.6. The average Bonchev–Trinajstić information content (AvgIpc) is 2.74. The van der Waals surface area contributed by atoms with Gasteiger partial charge in [0.1, 0.15) is 10.8 Å². The molecule has 5 nitrogen and oxygen atoms in total. The van der Waals surface area contributed by atoms with E-state index in [1.54, 1.807) is 39.1 Å². The first-order chi connectivity index (χ1) is 9.33.